The number of carbonyl (C=O) groups excluding carboxylic acids is 1. The maximum atomic E-state index is 12.2. The topological polar surface area (TPSA) is 72.9 Å². The number of nitrogens with zero attached hydrogens (tertiary/aromatic N) is 2. The van der Waals surface area contributed by atoms with Crippen molar-refractivity contribution in [2.24, 2.45) is 12.5 Å². The summed E-state index contributed by atoms with van der Waals surface area (Å²) < 4.78 is 1.68. The van der Waals surface area contributed by atoms with Crippen LogP contribution in [0.25, 0.3) is 0 Å². The quantitative estimate of drug-likeness (QED) is 0.852. The van der Waals surface area contributed by atoms with E-state index in [0.29, 0.717) is 17.1 Å². The van der Waals surface area contributed by atoms with Gasteiger partial charge in [-0.15, -0.1) is 0 Å². The van der Waals surface area contributed by atoms with Crippen LogP contribution >= 0.6 is 0 Å². The highest BCUT2D eigenvalue weighted by atomic mass is 16.1. The third-order valence-electron chi connectivity index (χ3n) is 3.09. The van der Waals surface area contributed by atoms with Gasteiger partial charge in [0.1, 0.15) is 5.82 Å². The number of amides is 1. The number of nitrogens with two attached hydrogens (primary N) is 1. The van der Waals surface area contributed by atoms with Crippen LogP contribution in [0.3, 0.4) is 0 Å². The Morgan fingerprint density at radius 1 is 1.33 bits per heavy atom. The first-order valence-electron chi connectivity index (χ1n) is 6.95. The molecule has 0 aliphatic heterocycles. The molecular weight excluding hydrogens is 264 g/mol. The summed E-state index contributed by atoms with van der Waals surface area (Å²) in [7, 11) is 1.82. The number of rotatable bonds is 3. The fourth-order valence-electron chi connectivity index (χ4n) is 2.16. The average Bonchev–Trinajstić information content (AvgIpc) is 2.67. The molecule has 0 saturated heterocycles. The molecule has 112 valence electrons. The molecule has 0 atom stereocenters. The number of aromatic nitrogens is 2. The van der Waals surface area contributed by atoms with Crippen molar-refractivity contribution in [1.82, 2.24) is 9.78 Å². The van der Waals surface area contributed by atoms with Crippen molar-refractivity contribution in [3.05, 3.63) is 41.6 Å². The van der Waals surface area contributed by atoms with Gasteiger partial charge in [0, 0.05) is 18.8 Å². The minimum absolute atomic E-state index is 0.152. The van der Waals surface area contributed by atoms with E-state index in [1.165, 1.54) is 0 Å². The first-order valence-corrected chi connectivity index (χ1v) is 6.95. The Labute approximate surface area is 125 Å². The van der Waals surface area contributed by atoms with Gasteiger partial charge in [0.15, 0.2) is 0 Å². The van der Waals surface area contributed by atoms with Crippen molar-refractivity contribution in [2.45, 2.75) is 27.2 Å². The number of nitrogen functional groups attached to an aromatic ring is 1. The zero-order valence-corrected chi connectivity index (χ0v) is 13.0. The fourth-order valence-corrected chi connectivity index (χ4v) is 2.16. The summed E-state index contributed by atoms with van der Waals surface area (Å²) in [5.41, 5.74) is 7.86. The molecule has 0 fully saturated rings. The third-order valence-corrected chi connectivity index (χ3v) is 3.09. The smallest absolute Gasteiger partial charge is 0.258 e. The first kappa shape index (κ1) is 15.1. The summed E-state index contributed by atoms with van der Waals surface area (Å²) in [6.45, 7) is 6.47. The number of hydrogen-bond donors (Lipinski definition) is 2. The van der Waals surface area contributed by atoms with Crippen molar-refractivity contribution in [2.75, 3.05) is 11.1 Å². The summed E-state index contributed by atoms with van der Waals surface area (Å²) in [6, 6.07) is 8.92. The highest BCUT2D eigenvalue weighted by molar-refractivity contribution is 6.07. The van der Waals surface area contributed by atoms with E-state index < -0.39 is 0 Å². The van der Waals surface area contributed by atoms with Crippen molar-refractivity contribution in [3.8, 4) is 0 Å². The maximum absolute atomic E-state index is 12.2. The van der Waals surface area contributed by atoms with Crippen LogP contribution in [0.2, 0.25) is 0 Å². The lowest BCUT2D eigenvalue weighted by Gasteiger charge is -2.15. The number of para-hydroxylation sites is 1. The Morgan fingerprint density at radius 3 is 2.62 bits per heavy atom. The molecule has 1 aromatic carbocycles. The van der Waals surface area contributed by atoms with Gasteiger partial charge in [-0.25, -0.2) is 0 Å². The largest absolute Gasteiger partial charge is 0.398 e. The molecule has 2 rings (SSSR count). The van der Waals surface area contributed by atoms with E-state index >= 15 is 0 Å². The third kappa shape index (κ3) is 3.84. The van der Waals surface area contributed by atoms with Crippen LogP contribution in [0.4, 0.5) is 11.5 Å². The summed E-state index contributed by atoms with van der Waals surface area (Å²) in [5, 5.41) is 7.29. The Kier molecular flexibility index (Phi) is 4.02. The highest BCUT2D eigenvalue weighted by Crippen LogP contribution is 2.22. The Bertz CT molecular complexity index is 653. The Morgan fingerprint density at radius 2 is 2.00 bits per heavy atom. The SMILES string of the molecule is Cn1nc(CC(C)(C)C)cc1NC(=O)c1ccccc1N. The lowest BCUT2D eigenvalue weighted by Crippen LogP contribution is -2.16. The summed E-state index contributed by atoms with van der Waals surface area (Å²) in [6.07, 6.45) is 0.851. The average molecular weight is 286 g/mol. The van der Waals surface area contributed by atoms with Crippen molar-refractivity contribution in [1.29, 1.82) is 0 Å². The molecule has 0 spiro atoms. The van der Waals surface area contributed by atoms with Crippen LogP contribution in [0, 0.1) is 5.41 Å². The van der Waals surface area contributed by atoms with Crippen LogP contribution in [-0.4, -0.2) is 15.7 Å². The monoisotopic (exact) mass is 286 g/mol. The van der Waals surface area contributed by atoms with Crippen LogP contribution in [0.15, 0.2) is 30.3 Å². The lowest BCUT2D eigenvalue weighted by molar-refractivity contribution is 0.102. The second-order valence-electron chi connectivity index (χ2n) is 6.42. The molecule has 0 aliphatic rings. The van der Waals surface area contributed by atoms with Crippen LogP contribution in [0.1, 0.15) is 36.8 Å². The predicted molar refractivity (Wildman–Crippen MR) is 85.2 cm³/mol. The molecule has 5 nitrogen and oxygen atoms in total. The molecule has 0 aliphatic carbocycles. The predicted octanol–water partition coefficient (Wildman–Crippen LogP) is 2.84. The van der Waals surface area contributed by atoms with Gasteiger partial charge in [-0.2, -0.15) is 5.10 Å². The maximum Gasteiger partial charge on any atom is 0.258 e. The minimum Gasteiger partial charge on any atom is -0.398 e. The number of carbonyl (C=O) groups is 1. The van der Waals surface area contributed by atoms with Crippen molar-refractivity contribution in [3.63, 3.8) is 0 Å². The minimum atomic E-state index is -0.224. The molecule has 0 unspecified atom stereocenters. The summed E-state index contributed by atoms with van der Waals surface area (Å²) >= 11 is 0. The van der Waals surface area contributed by atoms with E-state index in [1.807, 2.05) is 13.1 Å². The number of hydrogen-bond acceptors (Lipinski definition) is 3. The molecule has 0 saturated carbocycles. The van der Waals surface area contributed by atoms with E-state index in [9.17, 15) is 4.79 Å². The standard InChI is InChI=1S/C16H22N4O/c1-16(2,3)10-11-9-14(20(4)19-11)18-15(21)12-7-5-6-8-13(12)17/h5-9H,10,17H2,1-4H3,(H,18,21). The van der Waals surface area contributed by atoms with E-state index in [-0.39, 0.29) is 11.3 Å². The molecule has 0 bridgehead atoms. The zero-order chi connectivity index (χ0) is 15.6. The molecule has 1 heterocycles. The van der Waals surface area contributed by atoms with Gasteiger partial charge in [-0.1, -0.05) is 32.9 Å². The second kappa shape index (κ2) is 5.60. The van der Waals surface area contributed by atoms with Crippen LogP contribution in [-0.2, 0) is 13.5 Å². The van der Waals surface area contributed by atoms with Crippen molar-refractivity contribution >= 4 is 17.4 Å². The Balaban J connectivity index is 2.17. The first-order chi connectivity index (χ1) is 9.76. The zero-order valence-electron chi connectivity index (χ0n) is 13.0. The second-order valence-corrected chi connectivity index (χ2v) is 6.42. The van der Waals surface area contributed by atoms with Crippen LogP contribution in [0.5, 0.6) is 0 Å². The molecule has 21 heavy (non-hydrogen) atoms. The number of nitrogens with one attached hydrogen (secondary N) is 1. The van der Waals surface area contributed by atoms with E-state index in [4.69, 9.17) is 5.73 Å². The van der Waals surface area contributed by atoms with Crippen molar-refractivity contribution < 1.29 is 4.79 Å². The van der Waals surface area contributed by atoms with Gasteiger partial charge in [0.25, 0.3) is 5.91 Å². The molecule has 5 heteroatoms. The van der Waals surface area contributed by atoms with Gasteiger partial charge in [-0.3, -0.25) is 9.48 Å². The van der Waals surface area contributed by atoms with Crippen LogP contribution < -0.4 is 11.1 Å². The number of aryl methyl sites for hydroxylation is 1. The van der Waals surface area contributed by atoms with Gasteiger partial charge >= 0.3 is 0 Å². The van der Waals surface area contributed by atoms with E-state index in [2.05, 4.69) is 31.2 Å². The molecule has 2 aromatic rings. The molecular formula is C16H22N4O. The van der Waals surface area contributed by atoms with E-state index in [0.717, 1.165) is 12.1 Å². The fraction of sp³-hybridized carbons (Fsp3) is 0.375. The van der Waals surface area contributed by atoms with Gasteiger partial charge in [0.2, 0.25) is 0 Å². The molecule has 3 N–H and O–H groups in total. The normalized spacial score (nSPS) is 11.4. The van der Waals surface area contributed by atoms with Gasteiger partial charge in [-0.05, 0) is 24.0 Å². The number of anilines is 2. The van der Waals surface area contributed by atoms with Gasteiger partial charge < -0.3 is 11.1 Å². The summed E-state index contributed by atoms with van der Waals surface area (Å²) in [5.74, 6) is 0.445. The molecule has 1 aromatic heterocycles. The van der Waals surface area contributed by atoms with E-state index in [1.54, 1.807) is 28.9 Å². The Hall–Kier alpha value is -2.30. The number of benzene rings is 1. The lowest BCUT2D eigenvalue weighted by atomic mass is 9.91. The highest BCUT2D eigenvalue weighted by Gasteiger charge is 2.16. The molecule has 0 radical (unpaired) electrons. The van der Waals surface area contributed by atoms with Gasteiger partial charge in [0.05, 0.1) is 11.3 Å². The molecule has 1 amide bonds. The summed E-state index contributed by atoms with van der Waals surface area (Å²) in [4.78, 5) is 12.2.